The molecule has 1 aromatic carbocycles. The highest BCUT2D eigenvalue weighted by molar-refractivity contribution is 5.91. The van der Waals surface area contributed by atoms with Crippen LogP contribution in [0.2, 0.25) is 0 Å². The van der Waals surface area contributed by atoms with Gasteiger partial charge in [-0.25, -0.2) is 4.98 Å². The zero-order valence-electron chi connectivity index (χ0n) is 10.0. The Kier molecular flexibility index (Phi) is 2.84. The molecular weight excluding hydrogens is 228 g/mol. The van der Waals surface area contributed by atoms with Gasteiger partial charge in [0, 0.05) is 25.2 Å². The molecule has 92 valence electrons. The molecule has 2 aromatic rings. The van der Waals surface area contributed by atoms with Crippen molar-refractivity contribution in [3.05, 3.63) is 36.2 Å². The summed E-state index contributed by atoms with van der Waals surface area (Å²) < 4.78 is 5.51. The van der Waals surface area contributed by atoms with Crippen LogP contribution < -0.4 is 0 Å². The van der Waals surface area contributed by atoms with Gasteiger partial charge in [0.25, 0.3) is 0 Å². The summed E-state index contributed by atoms with van der Waals surface area (Å²) >= 11 is 0. The molecule has 0 unspecified atom stereocenters. The van der Waals surface area contributed by atoms with Crippen molar-refractivity contribution >= 4 is 23.1 Å². The number of hydrogen-bond acceptors (Lipinski definition) is 3. The maximum absolute atomic E-state index is 11.8. The summed E-state index contributed by atoms with van der Waals surface area (Å²) in [6.45, 7) is 1.72. The second-order valence-corrected chi connectivity index (χ2v) is 4.39. The minimum absolute atomic E-state index is 0.0368. The lowest BCUT2D eigenvalue weighted by atomic mass is 10.3. The van der Waals surface area contributed by atoms with Crippen molar-refractivity contribution in [1.29, 1.82) is 0 Å². The molecule has 4 nitrogen and oxygen atoms in total. The molecule has 1 saturated heterocycles. The summed E-state index contributed by atoms with van der Waals surface area (Å²) in [6.07, 6.45) is 5.38. The number of fused-ring (bicyclic) bond motifs is 1. The van der Waals surface area contributed by atoms with E-state index in [4.69, 9.17) is 4.42 Å². The first kappa shape index (κ1) is 11.0. The number of aromatic nitrogens is 1. The Bertz CT molecular complexity index is 562. The zero-order valence-corrected chi connectivity index (χ0v) is 10.0. The van der Waals surface area contributed by atoms with Crippen molar-refractivity contribution in [3.63, 3.8) is 0 Å². The first-order valence-electron chi connectivity index (χ1n) is 6.15. The molecule has 1 aliphatic heterocycles. The van der Waals surface area contributed by atoms with Gasteiger partial charge in [0.2, 0.25) is 11.8 Å². The Morgan fingerprint density at radius 3 is 2.83 bits per heavy atom. The van der Waals surface area contributed by atoms with Crippen molar-refractivity contribution in [3.8, 4) is 0 Å². The SMILES string of the molecule is O=C(C=Cc1nc2ccccc2o1)N1CCCC1. The predicted molar refractivity (Wildman–Crippen MR) is 68.9 cm³/mol. The van der Waals surface area contributed by atoms with Crippen LogP contribution in [0.1, 0.15) is 18.7 Å². The maximum Gasteiger partial charge on any atom is 0.246 e. The average Bonchev–Trinajstić information content (AvgIpc) is 3.04. The summed E-state index contributed by atoms with van der Waals surface area (Å²) in [6, 6.07) is 7.56. The third kappa shape index (κ3) is 2.14. The maximum atomic E-state index is 11.8. The van der Waals surface area contributed by atoms with Crippen LogP contribution in [-0.2, 0) is 4.79 Å². The van der Waals surface area contributed by atoms with Crippen LogP contribution in [0.25, 0.3) is 17.2 Å². The quantitative estimate of drug-likeness (QED) is 0.760. The predicted octanol–water partition coefficient (Wildman–Crippen LogP) is 2.46. The number of hydrogen-bond donors (Lipinski definition) is 0. The molecule has 0 spiro atoms. The second-order valence-electron chi connectivity index (χ2n) is 4.39. The second kappa shape index (κ2) is 4.64. The van der Waals surface area contributed by atoms with E-state index in [0.717, 1.165) is 37.0 Å². The molecule has 3 rings (SSSR count). The van der Waals surface area contributed by atoms with Gasteiger partial charge >= 0.3 is 0 Å². The van der Waals surface area contributed by atoms with Gasteiger partial charge in [-0.15, -0.1) is 0 Å². The minimum Gasteiger partial charge on any atom is -0.437 e. The normalized spacial score (nSPS) is 15.9. The van der Waals surface area contributed by atoms with E-state index in [1.807, 2.05) is 29.2 Å². The number of para-hydroxylation sites is 2. The van der Waals surface area contributed by atoms with Crippen molar-refractivity contribution in [2.24, 2.45) is 0 Å². The molecular formula is C14H14N2O2. The van der Waals surface area contributed by atoms with Gasteiger partial charge in [0.05, 0.1) is 0 Å². The van der Waals surface area contributed by atoms with Crippen molar-refractivity contribution < 1.29 is 9.21 Å². The molecule has 1 fully saturated rings. The number of carbonyl (C=O) groups excluding carboxylic acids is 1. The molecule has 0 saturated carbocycles. The number of oxazole rings is 1. The average molecular weight is 242 g/mol. The third-order valence-electron chi connectivity index (χ3n) is 3.10. The van der Waals surface area contributed by atoms with Crippen LogP contribution >= 0.6 is 0 Å². The number of amides is 1. The standard InChI is InChI=1S/C14H14N2O2/c17-14(16-9-3-4-10-16)8-7-13-15-11-5-1-2-6-12(11)18-13/h1-2,5-8H,3-4,9-10H2. The number of likely N-dealkylation sites (tertiary alicyclic amines) is 1. The van der Waals surface area contributed by atoms with E-state index in [9.17, 15) is 4.79 Å². The first-order chi connectivity index (χ1) is 8.83. The van der Waals surface area contributed by atoms with E-state index in [2.05, 4.69) is 4.98 Å². The molecule has 0 radical (unpaired) electrons. The minimum atomic E-state index is 0.0368. The fourth-order valence-corrected chi connectivity index (χ4v) is 2.15. The van der Waals surface area contributed by atoms with Gasteiger partial charge < -0.3 is 9.32 Å². The van der Waals surface area contributed by atoms with Crippen molar-refractivity contribution in [2.75, 3.05) is 13.1 Å². The topological polar surface area (TPSA) is 46.3 Å². The molecule has 0 atom stereocenters. The first-order valence-corrected chi connectivity index (χ1v) is 6.15. The fourth-order valence-electron chi connectivity index (χ4n) is 2.15. The Balaban J connectivity index is 1.76. The molecule has 18 heavy (non-hydrogen) atoms. The Morgan fingerprint density at radius 2 is 2.06 bits per heavy atom. The van der Waals surface area contributed by atoms with Crippen LogP contribution in [0.15, 0.2) is 34.8 Å². The Hall–Kier alpha value is -2.10. The smallest absolute Gasteiger partial charge is 0.246 e. The van der Waals surface area contributed by atoms with Gasteiger partial charge in [-0.3, -0.25) is 4.79 Å². The Morgan fingerprint density at radius 1 is 1.28 bits per heavy atom. The molecule has 1 amide bonds. The monoisotopic (exact) mass is 242 g/mol. The van der Waals surface area contributed by atoms with Crippen LogP contribution in [-0.4, -0.2) is 28.9 Å². The van der Waals surface area contributed by atoms with E-state index >= 15 is 0 Å². The lowest BCUT2D eigenvalue weighted by Crippen LogP contribution is -2.25. The van der Waals surface area contributed by atoms with Crippen LogP contribution in [0.4, 0.5) is 0 Å². The van der Waals surface area contributed by atoms with E-state index in [1.54, 1.807) is 6.08 Å². The number of nitrogens with zero attached hydrogens (tertiary/aromatic N) is 2. The Labute approximate surface area is 105 Å². The van der Waals surface area contributed by atoms with Crippen LogP contribution in [0.5, 0.6) is 0 Å². The summed E-state index contributed by atoms with van der Waals surface area (Å²) in [5.41, 5.74) is 1.55. The van der Waals surface area contributed by atoms with Crippen LogP contribution in [0.3, 0.4) is 0 Å². The van der Waals surface area contributed by atoms with Crippen molar-refractivity contribution in [1.82, 2.24) is 9.88 Å². The molecule has 1 aromatic heterocycles. The van der Waals surface area contributed by atoms with Gasteiger partial charge in [0.15, 0.2) is 5.58 Å². The number of carbonyl (C=O) groups is 1. The van der Waals surface area contributed by atoms with E-state index in [0.29, 0.717) is 5.89 Å². The lowest BCUT2D eigenvalue weighted by Gasteiger charge is -2.11. The van der Waals surface area contributed by atoms with E-state index in [1.165, 1.54) is 6.08 Å². The summed E-state index contributed by atoms with van der Waals surface area (Å²) in [5.74, 6) is 0.513. The molecule has 0 aliphatic carbocycles. The van der Waals surface area contributed by atoms with Crippen molar-refractivity contribution in [2.45, 2.75) is 12.8 Å². The zero-order chi connectivity index (χ0) is 12.4. The highest BCUT2D eigenvalue weighted by Crippen LogP contribution is 2.16. The van der Waals surface area contributed by atoms with Crippen LogP contribution in [0, 0.1) is 0 Å². The third-order valence-corrected chi connectivity index (χ3v) is 3.10. The van der Waals surface area contributed by atoms with Gasteiger partial charge in [-0.05, 0) is 25.0 Å². The van der Waals surface area contributed by atoms with Gasteiger partial charge in [-0.2, -0.15) is 0 Å². The number of benzene rings is 1. The van der Waals surface area contributed by atoms with Gasteiger partial charge in [-0.1, -0.05) is 12.1 Å². The lowest BCUT2D eigenvalue weighted by molar-refractivity contribution is -0.124. The highest BCUT2D eigenvalue weighted by atomic mass is 16.3. The summed E-state index contributed by atoms with van der Waals surface area (Å²) in [7, 11) is 0. The highest BCUT2D eigenvalue weighted by Gasteiger charge is 2.15. The van der Waals surface area contributed by atoms with Gasteiger partial charge in [0.1, 0.15) is 5.52 Å². The molecule has 1 aliphatic rings. The number of rotatable bonds is 2. The molecule has 4 heteroatoms. The summed E-state index contributed by atoms with van der Waals surface area (Å²) in [4.78, 5) is 17.9. The molecule has 2 heterocycles. The fraction of sp³-hybridized carbons (Fsp3) is 0.286. The molecule has 0 N–H and O–H groups in total. The van der Waals surface area contributed by atoms with E-state index in [-0.39, 0.29) is 5.91 Å². The molecule has 0 bridgehead atoms. The largest absolute Gasteiger partial charge is 0.437 e. The van der Waals surface area contributed by atoms with E-state index < -0.39 is 0 Å². The summed E-state index contributed by atoms with van der Waals surface area (Å²) in [5, 5.41) is 0.